The Bertz CT molecular complexity index is 1260. The molecule has 0 spiro atoms. The predicted octanol–water partition coefficient (Wildman–Crippen LogP) is 5.54. The summed E-state index contributed by atoms with van der Waals surface area (Å²) >= 11 is 6.35. The molecule has 4 aromatic rings. The highest BCUT2D eigenvalue weighted by Crippen LogP contribution is 2.32. The lowest BCUT2D eigenvalue weighted by molar-refractivity contribution is -0.143. The molecule has 4 rings (SSSR count). The maximum Gasteiger partial charge on any atom is 0.305 e. The van der Waals surface area contributed by atoms with Crippen molar-refractivity contribution in [1.29, 1.82) is 0 Å². The number of hydrogen-bond donors (Lipinski definition) is 0. The van der Waals surface area contributed by atoms with Gasteiger partial charge in [-0.3, -0.25) is 9.48 Å². The van der Waals surface area contributed by atoms with Crippen molar-refractivity contribution in [3.63, 3.8) is 0 Å². The van der Waals surface area contributed by atoms with Crippen LogP contribution in [0, 0.1) is 0 Å². The molecule has 0 unspecified atom stereocenters. The summed E-state index contributed by atoms with van der Waals surface area (Å²) < 4.78 is 18.0. The van der Waals surface area contributed by atoms with E-state index < -0.39 is 0 Å². The molecular formula is C24H25ClN4O4. The van der Waals surface area contributed by atoms with E-state index in [2.05, 4.69) is 15.2 Å². The van der Waals surface area contributed by atoms with E-state index >= 15 is 0 Å². The average molecular weight is 469 g/mol. The van der Waals surface area contributed by atoms with Gasteiger partial charge in [0.05, 0.1) is 23.3 Å². The van der Waals surface area contributed by atoms with Gasteiger partial charge in [0.25, 0.3) is 5.89 Å². The number of rotatable bonds is 9. The number of benzene rings is 2. The van der Waals surface area contributed by atoms with Gasteiger partial charge in [-0.25, -0.2) is 0 Å². The number of esters is 1. The molecule has 172 valence electrons. The lowest BCUT2D eigenvalue weighted by Crippen LogP contribution is -2.06. The van der Waals surface area contributed by atoms with E-state index in [0.717, 1.165) is 16.5 Å². The maximum absolute atomic E-state index is 11.6. The Balaban J connectivity index is 1.55. The number of carbonyl (C=O) groups excluding carboxylic acids is 1. The molecule has 0 saturated carbocycles. The smallest absolute Gasteiger partial charge is 0.305 e. The van der Waals surface area contributed by atoms with Crippen LogP contribution in [0.25, 0.3) is 33.7 Å². The van der Waals surface area contributed by atoms with Crippen molar-refractivity contribution in [2.75, 3.05) is 6.61 Å². The summed E-state index contributed by atoms with van der Waals surface area (Å²) in [5, 5.41) is 10.1. The zero-order valence-corrected chi connectivity index (χ0v) is 19.5. The Morgan fingerprint density at radius 3 is 2.85 bits per heavy atom. The molecule has 0 amide bonds. The lowest BCUT2D eigenvalue weighted by atomic mass is 10.1. The largest absolute Gasteiger partial charge is 0.489 e. The number of halogens is 1. The molecule has 8 nitrogen and oxygen atoms in total. The van der Waals surface area contributed by atoms with E-state index in [1.165, 1.54) is 0 Å². The number of aryl methyl sites for hydroxylation is 1. The van der Waals surface area contributed by atoms with Crippen LogP contribution in [0.2, 0.25) is 5.02 Å². The Labute approximate surface area is 196 Å². The summed E-state index contributed by atoms with van der Waals surface area (Å²) in [6, 6.07) is 11.1. The summed E-state index contributed by atoms with van der Waals surface area (Å²) in [6.07, 6.45) is 2.95. The van der Waals surface area contributed by atoms with Crippen molar-refractivity contribution in [2.45, 2.75) is 46.3 Å². The van der Waals surface area contributed by atoms with Crippen LogP contribution in [0.5, 0.6) is 5.75 Å². The van der Waals surface area contributed by atoms with Gasteiger partial charge in [0.2, 0.25) is 5.82 Å². The highest BCUT2D eigenvalue weighted by Gasteiger charge is 2.16. The van der Waals surface area contributed by atoms with Gasteiger partial charge in [0, 0.05) is 35.7 Å². The minimum Gasteiger partial charge on any atom is -0.489 e. The molecule has 2 aromatic carbocycles. The third-order valence-corrected chi connectivity index (χ3v) is 5.17. The number of aromatic nitrogens is 4. The van der Waals surface area contributed by atoms with Gasteiger partial charge in [0.15, 0.2) is 0 Å². The Morgan fingerprint density at radius 2 is 2.09 bits per heavy atom. The summed E-state index contributed by atoms with van der Waals surface area (Å²) in [4.78, 5) is 16.1. The standard InChI is InChI=1S/C24H25ClN4O4/c1-4-31-22(30)9-6-12-29-14-18-17(7-5-8-20(18)27-29)23-26-24(33-28-23)16-10-11-21(19(25)13-16)32-15(2)3/h5,7-8,10-11,13-15H,4,6,9,12H2,1-3H3. The zero-order valence-electron chi connectivity index (χ0n) is 18.7. The Hall–Kier alpha value is -3.39. The number of fused-ring (bicyclic) bond motifs is 1. The number of ether oxygens (including phenoxy) is 2. The van der Waals surface area contributed by atoms with Crippen molar-refractivity contribution < 1.29 is 18.8 Å². The fraction of sp³-hybridized carbons (Fsp3) is 0.333. The second-order valence-electron chi connectivity index (χ2n) is 7.77. The van der Waals surface area contributed by atoms with Gasteiger partial charge in [-0.1, -0.05) is 28.9 Å². The van der Waals surface area contributed by atoms with Crippen molar-refractivity contribution in [3.05, 3.63) is 47.6 Å². The van der Waals surface area contributed by atoms with Crippen molar-refractivity contribution in [1.82, 2.24) is 19.9 Å². The molecule has 0 aliphatic carbocycles. The number of nitrogens with zero attached hydrogens (tertiary/aromatic N) is 4. The van der Waals surface area contributed by atoms with Gasteiger partial charge in [0.1, 0.15) is 5.75 Å². The molecule has 33 heavy (non-hydrogen) atoms. The van der Waals surface area contributed by atoms with Crippen molar-refractivity contribution in [3.8, 4) is 28.6 Å². The van der Waals surface area contributed by atoms with Gasteiger partial charge < -0.3 is 14.0 Å². The molecule has 0 radical (unpaired) electrons. The van der Waals surface area contributed by atoms with Gasteiger partial charge in [-0.2, -0.15) is 10.1 Å². The van der Waals surface area contributed by atoms with Crippen LogP contribution < -0.4 is 4.74 Å². The molecule has 0 aliphatic rings. The summed E-state index contributed by atoms with van der Waals surface area (Å²) in [5.41, 5.74) is 2.33. The third kappa shape index (κ3) is 5.34. The van der Waals surface area contributed by atoms with E-state index in [-0.39, 0.29) is 12.1 Å². The molecule has 0 aliphatic heterocycles. The molecule has 0 fully saturated rings. The van der Waals surface area contributed by atoms with E-state index in [1.54, 1.807) is 19.1 Å². The minimum absolute atomic E-state index is 0.0231. The van der Waals surface area contributed by atoms with Gasteiger partial charge in [-0.15, -0.1) is 0 Å². The van der Waals surface area contributed by atoms with Crippen molar-refractivity contribution >= 4 is 28.5 Å². The topological polar surface area (TPSA) is 92.3 Å². The van der Waals surface area contributed by atoms with Gasteiger partial charge >= 0.3 is 5.97 Å². The van der Waals surface area contributed by atoms with Crippen LogP contribution in [-0.2, 0) is 16.1 Å². The zero-order chi connectivity index (χ0) is 23.4. The molecule has 2 heterocycles. The molecule has 9 heteroatoms. The first-order valence-electron chi connectivity index (χ1n) is 10.9. The van der Waals surface area contributed by atoms with Gasteiger partial charge in [-0.05, 0) is 51.5 Å². The average Bonchev–Trinajstić information content (AvgIpc) is 3.42. The SMILES string of the molecule is CCOC(=O)CCCn1cc2c(-c3noc(-c4ccc(OC(C)C)c(Cl)c4)n3)cccc2n1. The molecule has 0 bridgehead atoms. The number of hydrogen-bond acceptors (Lipinski definition) is 7. The van der Waals surface area contributed by atoms with E-state index in [1.807, 2.05) is 49.0 Å². The highest BCUT2D eigenvalue weighted by atomic mass is 35.5. The third-order valence-electron chi connectivity index (χ3n) is 4.88. The van der Waals surface area contributed by atoms with Crippen LogP contribution in [-0.4, -0.2) is 38.6 Å². The van der Waals surface area contributed by atoms with Crippen molar-refractivity contribution in [2.24, 2.45) is 0 Å². The van der Waals surface area contributed by atoms with Crippen LogP contribution >= 0.6 is 11.6 Å². The van der Waals surface area contributed by atoms with Crippen LogP contribution in [0.4, 0.5) is 0 Å². The first-order chi connectivity index (χ1) is 15.9. The second-order valence-corrected chi connectivity index (χ2v) is 8.18. The molecule has 0 N–H and O–H groups in total. The number of carbonyl (C=O) groups is 1. The summed E-state index contributed by atoms with van der Waals surface area (Å²) in [5.74, 6) is 1.23. The normalized spacial score (nSPS) is 11.3. The molecule has 0 saturated heterocycles. The highest BCUT2D eigenvalue weighted by molar-refractivity contribution is 6.32. The fourth-order valence-corrected chi connectivity index (χ4v) is 3.68. The van der Waals surface area contributed by atoms with E-state index in [9.17, 15) is 4.79 Å². The van der Waals surface area contributed by atoms with Crippen LogP contribution in [0.1, 0.15) is 33.6 Å². The van der Waals surface area contributed by atoms with E-state index in [0.29, 0.717) is 54.0 Å². The monoisotopic (exact) mass is 468 g/mol. The molecule has 0 atom stereocenters. The lowest BCUT2D eigenvalue weighted by Gasteiger charge is -2.11. The van der Waals surface area contributed by atoms with Crippen LogP contribution in [0.3, 0.4) is 0 Å². The summed E-state index contributed by atoms with van der Waals surface area (Å²) in [7, 11) is 0. The van der Waals surface area contributed by atoms with Crippen LogP contribution in [0.15, 0.2) is 47.1 Å². The predicted molar refractivity (Wildman–Crippen MR) is 125 cm³/mol. The van der Waals surface area contributed by atoms with E-state index in [4.69, 9.17) is 25.6 Å². The first kappa shape index (κ1) is 22.8. The fourth-order valence-electron chi connectivity index (χ4n) is 3.45. The maximum atomic E-state index is 11.6. The second kappa shape index (κ2) is 10.0. The molecule has 2 aromatic heterocycles. The molecular weight excluding hydrogens is 444 g/mol. The Kier molecular flexibility index (Phi) is 6.93. The summed E-state index contributed by atoms with van der Waals surface area (Å²) in [6.45, 7) is 6.68. The minimum atomic E-state index is -0.196. The quantitative estimate of drug-likeness (QED) is 0.298. The first-order valence-corrected chi connectivity index (χ1v) is 11.2. The Morgan fingerprint density at radius 1 is 1.24 bits per heavy atom.